The van der Waals surface area contributed by atoms with E-state index < -0.39 is 11.5 Å². The summed E-state index contributed by atoms with van der Waals surface area (Å²) in [6, 6.07) is 18.3. The highest BCUT2D eigenvalue weighted by Crippen LogP contribution is 2.28. The van der Waals surface area contributed by atoms with Crippen LogP contribution in [0.2, 0.25) is 0 Å². The fourth-order valence-corrected chi connectivity index (χ4v) is 3.73. The number of nitrogens with two attached hydrogens (primary N) is 1. The van der Waals surface area contributed by atoms with Crippen LogP contribution in [0, 0.1) is 13.8 Å². The van der Waals surface area contributed by atoms with Crippen molar-refractivity contribution in [1.82, 2.24) is 9.55 Å². The molecule has 0 bridgehead atoms. The smallest absolute Gasteiger partial charge is 0.271 e. The number of aromatic nitrogens is 2. The summed E-state index contributed by atoms with van der Waals surface area (Å²) >= 11 is 0. The standard InChI is InChI=1S/C27H26N4O3/c1-4-34-23-12-14-31(21-9-5-17(2)6-10-21)27(33)25(23)26(32)30-20-8-7-18(3)22(16-20)19-11-13-29-24(28)15-19/h5-16H,4H2,1-3H3,(H2,28,29)(H,30,32). The predicted molar refractivity (Wildman–Crippen MR) is 135 cm³/mol. The van der Waals surface area contributed by atoms with E-state index in [0.717, 1.165) is 22.3 Å². The summed E-state index contributed by atoms with van der Waals surface area (Å²) in [6.07, 6.45) is 3.26. The van der Waals surface area contributed by atoms with Crippen LogP contribution in [0.3, 0.4) is 0 Å². The van der Waals surface area contributed by atoms with E-state index in [2.05, 4.69) is 10.3 Å². The number of nitrogens with zero attached hydrogens (tertiary/aromatic N) is 2. The van der Waals surface area contributed by atoms with E-state index >= 15 is 0 Å². The quantitative estimate of drug-likeness (QED) is 0.438. The van der Waals surface area contributed by atoms with Crippen molar-refractivity contribution in [2.75, 3.05) is 17.7 Å². The highest BCUT2D eigenvalue weighted by molar-refractivity contribution is 6.06. The SMILES string of the molecule is CCOc1ccn(-c2ccc(C)cc2)c(=O)c1C(=O)Nc1ccc(C)c(-c2ccnc(N)c2)c1. The van der Waals surface area contributed by atoms with Crippen molar-refractivity contribution >= 4 is 17.4 Å². The summed E-state index contributed by atoms with van der Waals surface area (Å²) in [5, 5.41) is 2.86. The van der Waals surface area contributed by atoms with Crippen LogP contribution in [0.4, 0.5) is 11.5 Å². The molecule has 0 aliphatic heterocycles. The van der Waals surface area contributed by atoms with Crippen LogP contribution >= 0.6 is 0 Å². The maximum absolute atomic E-state index is 13.4. The molecular weight excluding hydrogens is 428 g/mol. The zero-order valence-electron chi connectivity index (χ0n) is 19.3. The molecule has 7 nitrogen and oxygen atoms in total. The Labute approximate surface area is 197 Å². The summed E-state index contributed by atoms with van der Waals surface area (Å²) in [5.74, 6) is 0.107. The van der Waals surface area contributed by atoms with Crippen LogP contribution in [0.5, 0.6) is 5.75 Å². The molecule has 0 aliphatic rings. The topological polar surface area (TPSA) is 99.2 Å². The van der Waals surface area contributed by atoms with Crippen LogP contribution in [-0.2, 0) is 0 Å². The Kier molecular flexibility index (Phi) is 6.45. The molecule has 4 rings (SSSR count). The number of pyridine rings is 2. The summed E-state index contributed by atoms with van der Waals surface area (Å²) in [5.41, 5.74) is 10.4. The van der Waals surface area contributed by atoms with Gasteiger partial charge in [0.1, 0.15) is 17.1 Å². The van der Waals surface area contributed by atoms with E-state index in [4.69, 9.17) is 10.5 Å². The first-order valence-electron chi connectivity index (χ1n) is 11.0. The van der Waals surface area contributed by atoms with Gasteiger partial charge in [0, 0.05) is 23.8 Å². The first kappa shape index (κ1) is 22.8. The number of benzene rings is 2. The number of amides is 1. The Bertz CT molecular complexity index is 1410. The molecule has 2 aromatic carbocycles. The molecule has 0 saturated heterocycles. The molecule has 34 heavy (non-hydrogen) atoms. The normalized spacial score (nSPS) is 10.7. The Morgan fingerprint density at radius 3 is 2.53 bits per heavy atom. The lowest BCUT2D eigenvalue weighted by atomic mass is 10.0. The molecule has 0 saturated carbocycles. The largest absolute Gasteiger partial charge is 0.493 e. The van der Waals surface area contributed by atoms with Crippen molar-refractivity contribution in [2.45, 2.75) is 20.8 Å². The molecule has 0 fully saturated rings. The third-order valence-electron chi connectivity index (χ3n) is 5.48. The maximum Gasteiger partial charge on any atom is 0.271 e. The Hall–Kier alpha value is -4.39. The Morgan fingerprint density at radius 2 is 1.82 bits per heavy atom. The van der Waals surface area contributed by atoms with Gasteiger partial charge >= 0.3 is 0 Å². The van der Waals surface area contributed by atoms with E-state index in [9.17, 15) is 9.59 Å². The number of nitrogens with one attached hydrogen (secondary N) is 1. The summed E-state index contributed by atoms with van der Waals surface area (Å²) in [6.45, 7) is 6.08. The van der Waals surface area contributed by atoms with Crippen molar-refractivity contribution in [1.29, 1.82) is 0 Å². The average molecular weight is 455 g/mol. The summed E-state index contributed by atoms with van der Waals surface area (Å²) in [4.78, 5) is 30.7. The Balaban J connectivity index is 1.73. The number of carbonyl (C=O) groups excluding carboxylic acids is 1. The van der Waals surface area contributed by atoms with Gasteiger partial charge in [0.2, 0.25) is 0 Å². The minimum atomic E-state index is -0.543. The third kappa shape index (κ3) is 4.68. The first-order chi connectivity index (χ1) is 16.4. The predicted octanol–water partition coefficient (Wildman–Crippen LogP) is 4.75. The molecule has 0 unspecified atom stereocenters. The van der Waals surface area contributed by atoms with Gasteiger partial charge in [0.25, 0.3) is 11.5 Å². The fraction of sp³-hybridized carbons (Fsp3) is 0.148. The highest BCUT2D eigenvalue weighted by atomic mass is 16.5. The first-order valence-corrected chi connectivity index (χ1v) is 11.0. The van der Waals surface area contributed by atoms with Crippen molar-refractivity contribution in [3.05, 3.63) is 100 Å². The van der Waals surface area contributed by atoms with E-state index in [1.807, 2.05) is 56.3 Å². The zero-order chi connectivity index (χ0) is 24.2. The molecule has 3 N–H and O–H groups in total. The van der Waals surface area contributed by atoms with Crippen LogP contribution in [0.25, 0.3) is 16.8 Å². The number of rotatable bonds is 6. The zero-order valence-corrected chi connectivity index (χ0v) is 19.3. The highest BCUT2D eigenvalue weighted by Gasteiger charge is 2.20. The lowest BCUT2D eigenvalue weighted by Gasteiger charge is -2.15. The minimum Gasteiger partial charge on any atom is -0.493 e. The molecule has 1 amide bonds. The maximum atomic E-state index is 13.4. The van der Waals surface area contributed by atoms with E-state index in [1.54, 1.807) is 37.5 Å². The minimum absolute atomic E-state index is 0.0554. The van der Waals surface area contributed by atoms with Gasteiger partial charge in [-0.3, -0.25) is 14.2 Å². The number of hydrogen-bond acceptors (Lipinski definition) is 5. The molecule has 7 heteroatoms. The number of hydrogen-bond donors (Lipinski definition) is 2. The Morgan fingerprint density at radius 1 is 1.06 bits per heavy atom. The fourth-order valence-electron chi connectivity index (χ4n) is 3.73. The molecule has 0 radical (unpaired) electrons. The molecule has 0 aliphatic carbocycles. The second-order valence-corrected chi connectivity index (χ2v) is 7.95. The number of anilines is 2. The molecule has 2 aromatic heterocycles. The van der Waals surface area contributed by atoms with Gasteiger partial charge in [-0.1, -0.05) is 23.8 Å². The monoisotopic (exact) mass is 454 g/mol. The van der Waals surface area contributed by atoms with Gasteiger partial charge in [-0.05, 0) is 79.9 Å². The van der Waals surface area contributed by atoms with Crippen molar-refractivity contribution in [2.24, 2.45) is 0 Å². The number of nitrogen functional groups attached to an aromatic ring is 1. The van der Waals surface area contributed by atoms with Crippen LogP contribution in [0.15, 0.2) is 77.9 Å². The average Bonchev–Trinajstić information content (AvgIpc) is 2.81. The van der Waals surface area contributed by atoms with Gasteiger partial charge in [0.05, 0.1) is 6.61 Å². The lowest BCUT2D eigenvalue weighted by molar-refractivity contribution is 0.102. The molecule has 0 spiro atoms. The summed E-state index contributed by atoms with van der Waals surface area (Å²) < 4.78 is 7.06. The van der Waals surface area contributed by atoms with Crippen molar-refractivity contribution in [3.8, 4) is 22.6 Å². The van der Waals surface area contributed by atoms with Crippen LogP contribution in [-0.4, -0.2) is 22.1 Å². The van der Waals surface area contributed by atoms with Crippen LogP contribution in [0.1, 0.15) is 28.4 Å². The summed E-state index contributed by atoms with van der Waals surface area (Å²) in [7, 11) is 0. The molecule has 172 valence electrons. The molecule has 2 heterocycles. The molecule has 4 aromatic rings. The third-order valence-corrected chi connectivity index (χ3v) is 5.48. The van der Waals surface area contributed by atoms with Crippen molar-refractivity contribution in [3.63, 3.8) is 0 Å². The van der Waals surface area contributed by atoms with E-state index in [0.29, 0.717) is 23.8 Å². The molecular formula is C27H26N4O3. The second kappa shape index (κ2) is 9.62. The lowest BCUT2D eigenvalue weighted by Crippen LogP contribution is -2.29. The van der Waals surface area contributed by atoms with E-state index in [1.165, 1.54) is 4.57 Å². The van der Waals surface area contributed by atoms with Crippen molar-refractivity contribution < 1.29 is 9.53 Å². The number of aryl methyl sites for hydroxylation is 2. The van der Waals surface area contributed by atoms with Gasteiger partial charge in [-0.15, -0.1) is 0 Å². The van der Waals surface area contributed by atoms with Gasteiger partial charge < -0.3 is 15.8 Å². The second-order valence-electron chi connectivity index (χ2n) is 7.95. The van der Waals surface area contributed by atoms with Gasteiger partial charge in [0.15, 0.2) is 0 Å². The van der Waals surface area contributed by atoms with Gasteiger partial charge in [-0.2, -0.15) is 0 Å². The van der Waals surface area contributed by atoms with Crippen LogP contribution < -0.4 is 21.3 Å². The number of carbonyl (C=O) groups is 1. The van der Waals surface area contributed by atoms with Gasteiger partial charge in [-0.25, -0.2) is 4.98 Å². The number of ether oxygens (including phenoxy) is 1. The molecule has 0 atom stereocenters. The van der Waals surface area contributed by atoms with E-state index in [-0.39, 0.29) is 11.3 Å².